The van der Waals surface area contributed by atoms with Crippen LogP contribution < -0.4 is 0 Å². The van der Waals surface area contributed by atoms with Crippen molar-refractivity contribution in [2.24, 2.45) is 0 Å². The Bertz CT molecular complexity index is 110. The number of Topliss-reactive ketones (excluding diaryl/α,β-unsaturated/α-hetero) is 1. The van der Waals surface area contributed by atoms with E-state index in [1.165, 1.54) is 20.8 Å². The first kappa shape index (κ1) is 17.3. The summed E-state index contributed by atoms with van der Waals surface area (Å²) in [5, 5.41) is 15.4. The van der Waals surface area contributed by atoms with Crippen LogP contribution in [-0.2, 0) is 4.79 Å². The molecule has 1 N–H and O–H groups in total. The third kappa shape index (κ3) is 479. The van der Waals surface area contributed by atoms with E-state index >= 15 is 0 Å². The molecule has 3 heteroatoms. The fourth-order valence-electron chi connectivity index (χ4n) is 0.158. The third-order valence-corrected chi connectivity index (χ3v) is 0.512. The molecule has 0 radical (unpaired) electrons. The summed E-state index contributed by atoms with van der Waals surface area (Å²) in [5.74, 6) is 0.167. The van der Waals surface area contributed by atoms with Crippen LogP contribution in [0.1, 0.15) is 40.5 Å². The molecule has 0 aliphatic heterocycles. The number of nitrogens with zero attached hydrogens (tertiary/aromatic N) is 1. The molecule has 0 saturated carbocycles. The minimum absolute atomic E-state index is 0.167. The molecule has 0 atom stereocenters. The molecular weight excluding hydrogens is 154 g/mol. The van der Waals surface area contributed by atoms with Gasteiger partial charge in [-0.05, 0) is 20.3 Å². The Kier molecular flexibility index (Phi) is 32.3. The number of carbonyl (C=O) groups excluding carboxylic acids is 1. The van der Waals surface area contributed by atoms with E-state index in [1.54, 1.807) is 6.07 Å². The summed E-state index contributed by atoms with van der Waals surface area (Å²) in [4.78, 5) is 9.44. The summed E-state index contributed by atoms with van der Waals surface area (Å²) in [6, 6.07) is 1.75. The highest BCUT2D eigenvalue weighted by Crippen LogP contribution is 1.78. The number of unbranched alkanes of at least 4 members (excludes halogenated alkanes) is 1. The Hall–Kier alpha value is -0.880. The van der Waals surface area contributed by atoms with Crippen molar-refractivity contribution >= 4 is 5.78 Å². The second kappa shape index (κ2) is 22.5. The van der Waals surface area contributed by atoms with Crippen LogP contribution in [-0.4, -0.2) is 17.5 Å². The molecule has 0 fully saturated rings. The predicted molar refractivity (Wildman–Crippen MR) is 49.6 cm³/mol. The number of hydrogen-bond donors (Lipinski definition) is 1. The second-order valence-corrected chi connectivity index (χ2v) is 2.21. The van der Waals surface area contributed by atoms with Crippen molar-refractivity contribution in [1.29, 1.82) is 5.26 Å². The van der Waals surface area contributed by atoms with E-state index in [2.05, 4.69) is 6.92 Å². The highest BCUT2D eigenvalue weighted by atomic mass is 16.2. The normalized spacial score (nSPS) is 6.33. The molecule has 12 heavy (non-hydrogen) atoms. The van der Waals surface area contributed by atoms with E-state index in [-0.39, 0.29) is 5.78 Å². The molecule has 0 rings (SSSR count). The molecule has 0 aliphatic carbocycles. The number of hydrogen-bond acceptors (Lipinski definition) is 3. The lowest BCUT2D eigenvalue weighted by Crippen LogP contribution is -1.75. The average molecular weight is 173 g/mol. The van der Waals surface area contributed by atoms with E-state index in [4.69, 9.17) is 10.4 Å². The lowest BCUT2D eigenvalue weighted by molar-refractivity contribution is -0.114. The monoisotopic (exact) mass is 173 g/mol. The van der Waals surface area contributed by atoms with Crippen LogP contribution >= 0.6 is 0 Å². The summed E-state index contributed by atoms with van der Waals surface area (Å²) < 4.78 is 0. The highest BCUT2D eigenvalue weighted by Gasteiger charge is 1.69. The quantitative estimate of drug-likeness (QED) is 0.693. The Morgan fingerprint density at radius 3 is 1.75 bits per heavy atom. The van der Waals surface area contributed by atoms with E-state index in [1.807, 2.05) is 0 Å². The van der Waals surface area contributed by atoms with Gasteiger partial charge < -0.3 is 9.90 Å². The van der Waals surface area contributed by atoms with Gasteiger partial charge in [0.25, 0.3) is 0 Å². The number of carbonyl (C=O) groups is 1. The van der Waals surface area contributed by atoms with Crippen molar-refractivity contribution in [2.75, 3.05) is 6.61 Å². The lowest BCUT2D eigenvalue weighted by Gasteiger charge is -1.79. The molecule has 0 heterocycles. The molecule has 0 aromatic carbocycles. The van der Waals surface area contributed by atoms with Crippen molar-refractivity contribution in [3.63, 3.8) is 0 Å². The summed E-state index contributed by atoms with van der Waals surface area (Å²) in [6.45, 7) is 6.88. The molecule has 0 saturated heterocycles. The summed E-state index contributed by atoms with van der Waals surface area (Å²) in [7, 11) is 0. The first-order valence-corrected chi connectivity index (χ1v) is 3.95. The summed E-state index contributed by atoms with van der Waals surface area (Å²) >= 11 is 0. The van der Waals surface area contributed by atoms with Crippen LogP contribution in [0.2, 0.25) is 0 Å². The smallest absolute Gasteiger partial charge is 0.126 e. The maximum Gasteiger partial charge on any atom is 0.126 e. The lowest BCUT2D eigenvalue weighted by atomic mass is 10.4. The molecule has 0 aromatic rings. The van der Waals surface area contributed by atoms with Crippen LogP contribution in [0.15, 0.2) is 0 Å². The molecule has 0 bridgehead atoms. The van der Waals surface area contributed by atoms with Gasteiger partial charge in [-0.2, -0.15) is 5.26 Å². The molecule has 0 aliphatic rings. The Labute approximate surface area is 75.0 Å². The van der Waals surface area contributed by atoms with Crippen LogP contribution in [0.25, 0.3) is 0 Å². The fourth-order valence-corrected chi connectivity index (χ4v) is 0.158. The first-order chi connectivity index (χ1) is 5.56. The number of rotatable bonds is 2. The fraction of sp³-hybridized carbons (Fsp3) is 0.778. The van der Waals surface area contributed by atoms with E-state index < -0.39 is 0 Å². The predicted octanol–water partition coefficient (Wildman–Crippen LogP) is 1.90. The molecule has 0 amide bonds. The van der Waals surface area contributed by atoms with Crippen molar-refractivity contribution in [1.82, 2.24) is 0 Å². The molecule has 72 valence electrons. The minimum atomic E-state index is 0.167. The summed E-state index contributed by atoms with van der Waals surface area (Å²) in [6.07, 6.45) is 2.04. The van der Waals surface area contributed by atoms with Gasteiger partial charge in [0.15, 0.2) is 0 Å². The van der Waals surface area contributed by atoms with E-state index in [0.29, 0.717) is 6.61 Å². The van der Waals surface area contributed by atoms with Gasteiger partial charge >= 0.3 is 0 Å². The van der Waals surface area contributed by atoms with Gasteiger partial charge in [-0.15, -0.1) is 0 Å². The van der Waals surface area contributed by atoms with Crippen LogP contribution in [0.3, 0.4) is 0 Å². The molecule has 3 nitrogen and oxygen atoms in total. The maximum absolute atomic E-state index is 9.44. The summed E-state index contributed by atoms with van der Waals surface area (Å²) in [5.41, 5.74) is 0. The third-order valence-electron chi connectivity index (χ3n) is 0.512. The average Bonchev–Trinajstić information content (AvgIpc) is 1.89. The molecule has 0 aromatic heterocycles. The highest BCUT2D eigenvalue weighted by molar-refractivity contribution is 5.72. The number of nitriles is 1. The van der Waals surface area contributed by atoms with Gasteiger partial charge in [-0.25, -0.2) is 0 Å². The Balaban J connectivity index is -0.000000105. The maximum atomic E-state index is 9.44. The topological polar surface area (TPSA) is 61.1 Å². The van der Waals surface area contributed by atoms with Gasteiger partial charge in [0.05, 0.1) is 6.07 Å². The van der Waals surface area contributed by atoms with Crippen LogP contribution in [0, 0.1) is 11.3 Å². The van der Waals surface area contributed by atoms with Gasteiger partial charge in [-0.3, -0.25) is 0 Å². The number of aliphatic hydroxyl groups excluding tert-OH is 1. The Morgan fingerprint density at radius 2 is 1.75 bits per heavy atom. The van der Waals surface area contributed by atoms with Crippen molar-refractivity contribution in [3.8, 4) is 6.07 Å². The molecular formula is C9H19NO2. The van der Waals surface area contributed by atoms with Crippen molar-refractivity contribution < 1.29 is 9.90 Å². The minimum Gasteiger partial charge on any atom is -0.396 e. The van der Waals surface area contributed by atoms with Crippen molar-refractivity contribution in [2.45, 2.75) is 40.5 Å². The zero-order valence-corrected chi connectivity index (χ0v) is 8.42. The van der Waals surface area contributed by atoms with E-state index in [9.17, 15) is 4.79 Å². The first-order valence-electron chi connectivity index (χ1n) is 3.95. The largest absolute Gasteiger partial charge is 0.396 e. The van der Waals surface area contributed by atoms with E-state index in [0.717, 1.165) is 12.8 Å². The van der Waals surface area contributed by atoms with Gasteiger partial charge in [0, 0.05) is 13.5 Å². The van der Waals surface area contributed by atoms with Crippen LogP contribution in [0.4, 0.5) is 0 Å². The van der Waals surface area contributed by atoms with Gasteiger partial charge in [0.1, 0.15) is 5.78 Å². The number of aliphatic hydroxyl groups is 1. The zero-order chi connectivity index (χ0) is 10.4. The molecule has 0 spiro atoms. The zero-order valence-electron chi connectivity index (χ0n) is 8.42. The van der Waals surface area contributed by atoms with Gasteiger partial charge in [0.2, 0.25) is 0 Å². The second-order valence-electron chi connectivity index (χ2n) is 2.21. The Morgan fingerprint density at radius 1 is 1.50 bits per heavy atom. The number of ketones is 1. The SMILES string of the molecule is CC#N.CC(C)=O.CCCCO. The van der Waals surface area contributed by atoms with Crippen LogP contribution in [0.5, 0.6) is 0 Å². The van der Waals surface area contributed by atoms with Gasteiger partial charge in [-0.1, -0.05) is 13.3 Å². The molecule has 0 unspecified atom stereocenters. The van der Waals surface area contributed by atoms with Crippen molar-refractivity contribution in [3.05, 3.63) is 0 Å². The standard InChI is InChI=1S/C4H10O.C3H6O.C2H3N/c1-2-3-4-5;1-3(2)4;1-2-3/h5H,2-4H2,1H3;1-2H3;1H3.